The van der Waals surface area contributed by atoms with Gasteiger partial charge in [0.15, 0.2) is 0 Å². The van der Waals surface area contributed by atoms with E-state index in [0.29, 0.717) is 5.92 Å². The third kappa shape index (κ3) is 2.48. The van der Waals surface area contributed by atoms with E-state index in [2.05, 4.69) is 34.5 Å². The van der Waals surface area contributed by atoms with Crippen molar-refractivity contribution in [3.63, 3.8) is 0 Å². The van der Waals surface area contributed by atoms with Crippen LogP contribution in [-0.2, 0) is 0 Å². The minimum Gasteiger partial charge on any atom is -0.194 e. The van der Waals surface area contributed by atoms with Gasteiger partial charge in [0, 0.05) is 10.9 Å². The standard InChI is InChI=1S/C13H10ClNS/c14-11-6-7-13(15-9-16)12(8-11)10-4-2-1-3-5-10/h1-4,6-8,10H,5H2. The summed E-state index contributed by atoms with van der Waals surface area (Å²) in [6.07, 6.45) is 9.34. The van der Waals surface area contributed by atoms with Crippen molar-refractivity contribution in [3.8, 4) is 0 Å². The van der Waals surface area contributed by atoms with E-state index in [4.69, 9.17) is 11.6 Å². The molecule has 0 aromatic heterocycles. The van der Waals surface area contributed by atoms with Gasteiger partial charge in [-0.15, -0.1) is 0 Å². The van der Waals surface area contributed by atoms with Gasteiger partial charge in [-0.3, -0.25) is 0 Å². The van der Waals surface area contributed by atoms with Gasteiger partial charge in [0.1, 0.15) is 0 Å². The number of isothiocyanates is 1. The van der Waals surface area contributed by atoms with E-state index in [-0.39, 0.29) is 0 Å². The second-order valence-electron chi connectivity index (χ2n) is 3.56. The van der Waals surface area contributed by atoms with Crippen LogP contribution in [0.1, 0.15) is 17.9 Å². The topological polar surface area (TPSA) is 12.4 Å². The number of hydrogen-bond acceptors (Lipinski definition) is 2. The summed E-state index contributed by atoms with van der Waals surface area (Å²) >= 11 is 10.7. The number of halogens is 1. The van der Waals surface area contributed by atoms with Crippen LogP contribution >= 0.6 is 23.8 Å². The zero-order valence-electron chi connectivity index (χ0n) is 8.56. The fourth-order valence-corrected chi connectivity index (χ4v) is 2.06. The Hall–Kier alpha value is -1.21. The van der Waals surface area contributed by atoms with E-state index in [9.17, 15) is 0 Å². The average molecular weight is 248 g/mol. The number of hydrogen-bond donors (Lipinski definition) is 0. The summed E-state index contributed by atoms with van der Waals surface area (Å²) in [6, 6.07) is 5.64. The highest BCUT2D eigenvalue weighted by molar-refractivity contribution is 7.78. The smallest absolute Gasteiger partial charge is 0.0778 e. The molecule has 0 radical (unpaired) electrons. The maximum atomic E-state index is 6.01. The van der Waals surface area contributed by atoms with Crippen LogP contribution in [0.3, 0.4) is 0 Å². The molecule has 0 N–H and O–H groups in total. The van der Waals surface area contributed by atoms with E-state index < -0.39 is 0 Å². The summed E-state index contributed by atoms with van der Waals surface area (Å²) in [6.45, 7) is 0. The maximum absolute atomic E-state index is 6.01. The molecule has 1 nitrogen and oxygen atoms in total. The number of benzene rings is 1. The van der Waals surface area contributed by atoms with Gasteiger partial charge in [0.25, 0.3) is 0 Å². The first kappa shape index (κ1) is 11.3. The van der Waals surface area contributed by atoms with E-state index in [0.717, 1.165) is 22.7 Å². The van der Waals surface area contributed by atoms with Crippen molar-refractivity contribution in [2.75, 3.05) is 0 Å². The molecule has 0 saturated heterocycles. The lowest BCUT2D eigenvalue weighted by Crippen LogP contribution is -1.96. The molecule has 1 aliphatic rings. The molecule has 0 spiro atoms. The van der Waals surface area contributed by atoms with Crippen molar-refractivity contribution in [2.24, 2.45) is 4.99 Å². The fourth-order valence-electron chi connectivity index (χ4n) is 1.78. The Morgan fingerprint density at radius 1 is 1.38 bits per heavy atom. The highest BCUT2D eigenvalue weighted by Crippen LogP contribution is 2.34. The largest absolute Gasteiger partial charge is 0.194 e. The van der Waals surface area contributed by atoms with E-state index >= 15 is 0 Å². The average Bonchev–Trinajstić information content (AvgIpc) is 2.33. The molecule has 1 aromatic rings. The molecular weight excluding hydrogens is 238 g/mol. The molecule has 1 aromatic carbocycles. The molecule has 1 unspecified atom stereocenters. The number of nitrogens with zero attached hydrogens (tertiary/aromatic N) is 1. The quantitative estimate of drug-likeness (QED) is 0.546. The zero-order chi connectivity index (χ0) is 11.4. The third-order valence-corrected chi connectivity index (χ3v) is 2.86. The van der Waals surface area contributed by atoms with Gasteiger partial charge in [0.05, 0.1) is 10.8 Å². The molecule has 16 heavy (non-hydrogen) atoms. The summed E-state index contributed by atoms with van der Waals surface area (Å²) < 4.78 is 0. The molecule has 0 saturated carbocycles. The molecule has 80 valence electrons. The molecule has 3 heteroatoms. The van der Waals surface area contributed by atoms with Crippen LogP contribution in [0.25, 0.3) is 0 Å². The Labute approximate surface area is 105 Å². The minimum absolute atomic E-state index is 0.325. The van der Waals surface area contributed by atoms with E-state index in [1.54, 1.807) is 0 Å². The van der Waals surface area contributed by atoms with Crippen molar-refractivity contribution in [1.82, 2.24) is 0 Å². The van der Waals surface area contributed by atoms with Gasteiger partial charge in [-0.25, -0.2) is 0 Å². The van der Waals surface area contributed by atoms with Crippen LogP contribution in [0.5, 0.6) is 0 Å². The fraction of sp³-hybridized carbons (Fsp3) is 0.154. The van der Waals surface area contributed by atoms with Crippen molar-refractivity contribution in [1.29, 1.82) is 0 Å². The second-order valence-corrected chi connectivity index (χ2v) is 4.18. The first-order valence-electron chi connectivity index (χ1n) is 5.02. The normalized spacial score (nSPS) is 18.2. The number of rotatable bonds is 2. The lowest BCUT2D eigenvalue weighted by Gasteiger charge is -2.15. The van der Waals surface area contributed by atoms with E-state index in [1.807, 2.05) is 30.4 Å². The molecule has 2 rings (SSSR count). The molecule has 1 atom stereocenters. The lowest BCUT2D eigenvalue weighted by atomic mass is 9.91. The van der Waals surface area contributed by atoms with Crippen molar-refractivity contribution < 1.29 is 0 Å². The second kappa shape index (κ2) is 5.22. The maximum Gasteiger partial charge on any atom is 0.0778 e. The molecule has 0 aliphatic heterocycles. The summed E-state index contributed by atoms with van der Waals surface area (Å²) in [5.41, 5.74) is 1.95. The van der Waals surface area contributed by atoms with Gasteiger partial charge in [0.2, 0.25) is 0 Å². The van der Waals surface area contributed by atoms with Crippen molar-refractivity contribution in [2.45, 2.75) is 12.3 Å². The predicted molar refractivity (Wildman–Crippen MR) is 71.8 cm³/mol. The molecular formula is C13H10ClNS. The molecule has 0 amide bonds. The molecule has 0 fully saturated rings. The van der Waals surface area contributed by atoms with Gasteiger partial charge in [-0.05, 0) is 42.4 Å². The monoisotopic (exact) mass is 247 g/mol. The van der Waals surface area contributed by atoms with Crippen molar-refractivity contribution in [3.05, 3.63) is 53.1 Å². The van der Waals surface area contributed by atoms with Crippen LogP contribution in [0.4, 0.5) is 5.69 Å². The Kier molecular flexibility index (Phi) is 3.68. The van der Waals surface area contributed by atoms with Crippen LogP contribution in [-0.4, -0.2) is 5.16 Å². The first-order valence-corrected chi connectivity index (χ1v) is 5.80. The Bertz CT molecular complexity index is 499. The molecule has 0 heterocycles. The highest BCUT2D eigenvalue weighted by atomic mass is 35.5. The van der Waals surface area contributed by atoms with E-state index in [1.165, 1.54) is 0 Å². The van der Waals surface area contributed by atoms with Crippen LogP contribution in [0, 0.1) is 0 Å². The minimum atomic E-state index is 0.325. The zero-order valence-corrected chi connectivity index (χ0v) is 10.1. The highest BCUT2D eigenvalue weighted by Gasteiger charge is 2.13. The summed E-state index contributed by atoms with van der Waals surface area (Å²) in [7, 11) is 0. The van der Waals surface area contributed by atoms with Crippen LogP contribution in [0.15, 0.2) is 47.5 Å². The predicted octanol–water partition coefficient (Wildman–Crippen LogP) is 4.67. The Morgan fingerprint density at radius 3 is 2.94 bits per heavy atom. The van der Waals surface area contributed by atoms with Crippen LogP contribution < -0.4 is 0 Å². The number of aliphatic imine (C=N–C) groups is 1. The van der Waals surface area contributed by atoms with Crippen molar-refractivity contribution >= 4 is 34.7 Å². The Morgan fingerprint density at radius 2 is 2.25 bits per heavy atom. The van der Waals surface area contributed by atoms with Gasteiger partial charge < -0.3 is 0 Å². The van der Waals surface area contributed by atoms with Gasteiger partial charge >= 0.3 is 0 Å². The summed E-state index contributed by atoms with van der Waals surface area (Å²) in [4.78, 5) is 4.07. The Balaban J connectivity index is 2.44. The van der Waals surface area contributed by atoms with Gasteiger partial charge in [-0.1, -0.05) is 35.9 Å². The third-order valence-electron chi connectivity index (χ3n) is 2.54. The number of allylic oxidation sites excluding steroid dienone is 4. The molecule has 1 aliphatic carbocycles. The summed E-state index contributed by atoms with van der Waals surface area (Å²) in [5, 5.41) is 3.13. The van der Waals surface area contributed by atoms with Gasteiger partial charge in [-0.2, -0.15) is 4.99 Å². The summed E-state index contributed by atoms with van der Waals surface area (Å²) in [5.74, 6) is 0.325. The molecule has 0 bridgehead atoms. The van der Waals surface area contributed by atoms with Crippen LogP contribution in [0.2, 0.25) is 5.02 Å². The first-order chi connectivity index (χ1) is 7.81. The lowest BCUT2D eigenvalue weighted by molar-refractivity contribution is 0.854. The number of thiocarbonyl (C=S) groups is 1. The SMILES string of the molecule is S=C=Nc1ccc(Cl)cc1C1C=CC=CC1.